The van der Waals surface area contributed by atoms with E-state index >= 15 is 0 Å². The zero-order valence-corrected chi connectivity index (χ0v) is 14.6. The Morgan fingerprint density at radius 3 is 2.37 bits per heavy atom. The fourth-order valence-corrected chi connectivity index (χ4v) is 5.67. The van der Waals surface area contributed by atoms with Gasteiger partial charge in [-0.1, -0.05) is 58.8 Å². The molecular weight excluding hydrogens is 270 g/mol. The SMILES string of the molecule is CCCCCCCCCC(NCC)C1CSCCS1. The van der Waals surface area contributed by atoms with E-state index in [1.54, 1.807) is 0 Å². The fraction of sp³-hybridized carbons (Fsp3) is 1.00. The van der Waals surface area contributed by atoms with Crippen LogP contribution in [0.5, 0.6) is 0 Å². The van der Waals surface area contributed by atoms with Gasteiger partial charge in [-0.25, -0.2) is 0 Å². The number of thioether (sulfide) groups is 2. The molecule has 0 aromatic carbocycles. The van der Waals surface area contributed by atoms with Gasteiger partial charge < -0.3 is 5.32 Å². The summed E-state index contributed by atoms with van der Waals surface area (Å²) in [5.41, 5.74) is 0. The first-order valence-electron chi connectivity index (χ1n) is 8.31. The van der Waals surface area contributed by atoms with Crippen molar-refractivity contribution in [2.45, 2.75) is 76.5 Å². The first-order chi connectivity index (χ1) is 9.38. The molecule has 1 heterocycles. The normalized spacial score (nSPS) is 21.5. The minimum Gasteiger partial charge on any atom is -0.313 e. The molecule has 0 spiro atoms. The highest BCUT2D eigenvalue weighted by atomic mass is 32.2. The van der Waals surface area contributed by atoms with Crippen LogP contribution >= 0.6 is 23.5 Å². The van der Waals surface area contributed by atoms with E-state index < -0.39 is 0 Å². The van der Waals surface area contributed by atoms with Crippen molar-refractivity contribution in [2.75, 3.05) is 23.8 Å². The van der Waals surface area contributed by atoms with Crippen LogP contribution in [0.1, 0.15) is 65.2 Å². The molecule has 19 heavy (non-hydrogen) atoms. The van der Waals surface area contributed by atoms with Crippen LogP contribution < -0.4 is 5.32 Å². The zero-order valence-electron chi connectivity index (χ0n) is 13.0. The molecule has 0 aromatic rings. The van der Waals surface area contributed by atoms with Gasteiger partial charge in [0.2, 0.25) is 0 Å². The van der Waals surface area contributed by atoms with Crippen molar-refractivity contribution >= 4 is 23.5 Å². The van der Waals surface area contributed by atoms with Crippen molar-refractivity contribution in [3.63, 3.8) is 0 Å². The molecule has 1 nitrogen and oxygen atoms in total. The molecule has 1 rings (SSSR count). The lowest BCUT2D eigenvalue weighted by Gasteiger charge is -2.30. The Balaban J connectivity index is 2.07. The predicted molar refractivity (Wildman–Crippen MR) is 93.6 cm³/mol. The second-order valence-electron chi connectivity index (χ2n) is 5.56. The van der Waals surface area contributed by atoms with Crippen LogP contribution in [0.25, 0.3) is 0 Å². The standard InChI is InChI=1S/C16H33NS2/c1-3-5-6-7-8-9-10-11-15(17-4-2)16-14-18-12-13-19-16/h15-17H,3-14H2,1-2H3. The average molecular weight is 304 g/mol. The maximum absolute atomic E-state index is 3.73. The van der Waals surface area contributed by atoms with Crippen LogP contribution in [-0.4, -0.2) is 35.1 Å². The van der Waals surface area contributed by atoms with E-state index in [1.807, 2.05) is 0 Å². The molecule has 2 unspecified atom stereocenters. The second kappa shape index (κ2) is 12.4. The summed E-state index contributed by atoms with van der Waals surface area (Å²) in [5, 5.41) is 4.59. The minimum atomic E-state index is 0.762. The third-order valence-corrected chi connectivity index (χ3v) is 6.80. The summed E-state index contributed by atoms with van der Waals surface area (Å²) in [6, 6.07) is 0.762. The number of rotatable bonds is 11. The molecule has 114 valence electrons. The summed E-state index contributed by atoms with van der Waals surface area (Å²) >= 11 is 4.35. The van der Waals surface area contributed by atoms with E-state index in [9.17, 15) is 0 Å². The highest BCUT2D eigenvalue weighted by Gasteiger charge is 2.23. The third-order valence-electron chi connectivity index (χ3n) is 3.88. The molecule has 1 fully saturated rings. The zero-order chi connectivity index (χ0) is 13.8. The van der Waals surface area contributed by atoms with Crippen molar-refractivity contribution in [2.24, 2.45) is 0 Å². The lowest BCUT2D eigenvalue weighted by molar-refractivity contribution is 0.460. The Labute approximate surface area is 129 Å². The van der Waals surface area contributed by atoms with Gasteiger partial charge in [-0.15, -0.1) is 0 Å². The maximum atomic E-state index is 3.73. The number of unbranched alkanes of at least 4 members (excludes halogenated alkanes) is 6. The lowest BCUT2D eigenvalue weighted by atomic mass is 10.0. The molecule has 0 bridgehead atoms. The Morgan fingerprint density at radius 1 is 1.00 bits per heavy atom. The van der Waals surface area contributed by atoms with Crippen LogP contribution in [-0.2, 0) is 0 Å². The highest BCUT2D eigenvalue weighted by molar-refractivity contribution is 8.06. The van der Waals surface area contributed by atoms with Crippen LogP contribution in [0.4, 0.5) is 0 Å². The van der Waals surface area contributed by atoms with Crippen LogP contribution in [0.15, 0.2) is 0 Å². The number of nitrogens with one attached hydrogen (secondary N) is 1. The van der Waals surface area contributed by atoms with Crippen molar-refractivity contribution in [3.8, 4) is 0 Å². The first kappa shape index (κ1) is 17.7. The van der Waals surface area contributed by atoms with Gasteiger partial charge in [0.1, 0.15) is 0 Å². The van der Waals surface area contributed by atoms with Crippen LogP contribution in [0, 0.1) is 0 Å². The summed E-state index contributed by atoms with van der Waals surface area (Å²) in [6.07, 6.45) is 11.4. The van der Waals surface area contributed by atoms with Crippen LogP contribution in [0.2, 0.25) is 0 Å². The molecule has 3 heteroatoms. The molecule has 1 N–H and O–H groups in total. The van der Waals surface area contributed by atoms with Gasteiger partial charge in [0.15, 0.2) is 0 Å². The Bertz CT molecular complexity index is 193. The first-order valence-corrected chi connectivity index (χ1v) is 10.5. The molecule has 2 atom stereocenters. The van der Waals surface area contributed by atoms with E-state index in [1.165, 1.54) is 68.6 Å². The van der Waals surface area contributed by atoms with Crippen molar-refractivity contribution in [3.05, 3.63) is 0 Å². The molecule has 0 amide bonds. The van der Waals surface area contributed by atoms with E-state index in [-0.39, 0.29) is 0 Å². The van der Waals surface area contributed by atoms with Gasteiger partial charge in [0.05, 0.1) is 0 Å². The molecule has 1 aliphatic heterocycles. The summed E-state index contributed by atoms with van der Waals surface area (Å²) < 4.78 is 0. The molecule has 1 saturated heterocycles. The quantitative estimate of drug-likeness (QED) is 0.542. The second-order valence-corrected chi connectivity index (χ2v) is 8.06. The fourth-order valence-electron chi connectivity index (χ4n) is 2.74. The Kier molecular flexibility index (Phi) is 11.6. The molecule has 0 aromatic heterocycles. The van der Waals surface area contributed by atoms with Gasteiger partial charge in [0.25, 0.3) is 0 Å². The monoisotopic (exact) mass is 303 g/mol. The molecule has 1 aliphatic rings. The van der Waals surface area contributed by atoms with Crippen molar-refractivity contribution in [1.29, 1.82) is 0 Å². The van der Waals surface area contributed by atoms with Crippen LogP contribution in [0.3, 0.4) is 0 Å². The third kappa shape index (κ3) is 8.52. The summed E-state index contributed by atoms with van der Waals surface area (Å²) in [5.74, 6) is 4.07. The summed E-state index contributed by atoms with van der Waals surface area (Å²) in [7, 11) is 0. The van der Waals surface area contributed by atoms with Gasteiger partial charge in [-0.05, 0) is 13.0 Å². The molecule has 0 aliphatic carbocycles. The van der Waals surface area contributed by atoms with Crippen molar-refractivity contribution < 1.29 is 0 Å². The van der Waals surface area contributed by atoms with Gasteiger partial charge >= 0.3 is 0 Å². The summed E-state index contributed by atoms with van der Waals surface area (Å²) in [6.45, 7) is 5.67. The molecule has 0 radical (unpaired) electrons. The Morgan fingerprint density at radius 2 is 1.74 bits per heavy atom. The number of hydrogen-bond donors (Lipinski definition) is 1. The molecular formula is C16H33NS2. The van der Waals surface area contributed by atoms with Gasteiger partial charge in [0, 0.05) is 28.6 Å². The van der Waals surface area contributed by atoms with E-state index in [0.717, 1.165) is 17.8 Å². The topological polar surface area (TPSA) is 12.0 Å². The predicted octanol–water partition coefficient (Wildman–Crippen LogP) is 4.95. The number of hydrogen-bond acceptors (Lipinski definition) is 3. The Hall–Kier alpha value is 0.660. The average Bonchev–Trinajstić information content (AvgIpc) is 2.46. The smallest absolute Gasteiger partial charge is 0.0291 e. The minimum absolute atomic E-state index is 0.762. The van der Waals surface area contributed by atoms with Gasteiger partial charge in [-0.2, -0.15) is 23.5 Å². The largest absolute Gasteiger partial charge is 0.313 e. The van der Waals surface area contributed by atoms with Gasteiger partial charge in [-0.3, -0.25) is 0 Å². The lowest BCUT2D eigenvalue weighted by Crippen LogP contribution is -2.40. The molecule has 0 saturated carbocycles. The van der Waals surface area contributed by atoms with E-state index in [2.05, 4.69) is 42.7 Å². The van der Waals surface area contributed by atoms with E-state index in [4.69, 9.17) is 0 Å². The van der Waals surface area contributed by atoms with E-state index in [0.29, 0.717) is 0 Å². The highest BCUT2D eigenvalue weighted by Crippen LogP contribution is 2.28. The van der Waals surface area contributed by atoms with Crippen molar-refractivity contribution in [1.82, 2.24) is 5.32 Å². The maximum Gasteiger partial charge on any atom is 0.0291 e. The summed E-state index contributed by atoms with van der Waals surface area (Å²) in [4.78, 5) is 0.